The Labute approximate surface area is 167 Å². The standard InChI is InChI=1S/C19H20ClN5O3/c1-3-16(26)22-13-6-4-5-12(9-13)18(27)25-8-7-14(11-25)23-19-21-10-15(20)17(24-19)28-2/h3-6,9-10,14H,1,7-8,11H2,2H3,(H,22,26)(H,21,23,24)/t14-/m1/s1. The lowest BCUT2D eigenvalue weighted by molar-refractivity contribution is -0.111. The zero-order valence-corrected chi connectivity index (χ0v) is 16.1. The van der Waals surface area contributed by atoms with E-state index in [4.69, 9.17) is 16.3 Å². The molecule has 2 amide bonds. The molecule has 1 aromatic heterocycles. The molecule has 28 heavy (non-hydrogen) atoms. The van der Waals surface area contributed by atoms with Crippen LogP contribution in [0.5, 0.6) is 5.88 Å². The summed E-state index contributed by atoms with van der Waals surface area (Å²) in [7, 11) is 1.49. The maximum atomic E-state index is 12.8. The third-order valence-corrected chi connectivity index (χ3v) is 4.54. The molecule has 1 saturated heterocycles. The van der Waals surface area contributed by atoms with Crippen molar-refractivity contribution in [2.24, 2.45) is 0 Å². The number of likely N-dealkylation sites (tertiary alicyclic amines) is 1. The molecule has 1 aliphatic heterocycles. The second kappa shape index (κ2) is 8.71. The predicted molar refractivity (Wildman–Crippen MR) is 107 cm³/mol. The van der Waals surface area contributed by atoms with Gasteiger partial charge in [0, 0.05) is 30.4 Å². The van der Waals surface area contributed by atoms with Crippen molar-refractivity contribution in [2.45, 2.75) is 12.5 Å². The van der Waals surface area contributed by atoms with E-state index in [2.05, 4.69) is 27.2 Å². The van der Waals surface area contributed by atoms with Crippen LogP contribution < -0.4 is 15.4 Å². The van der Waals surface area contributed by atoms with Crippen LogP contribution in [0.25, 0.3) is 0 Å². The van der Waals surface area contributed by atoms with E-state index in [0.717, 1.165) is 6.42 Å². The van der Waals surface area contributed by atoms with Gasteiger partial charge in [0.2, 0.25) is 17.7 Å². The highest BCUT2D eigenvalue weighted by molar-refractivity contribution is 6.31. The summed E-state index contributed by atoms with van der Waals surface area (Å²) in [5.74, 6) is 0.264. The van der Waals surface area contributed by atoms with E-state index >= 15 is 0 Å². The van der Waals surface area contributed by atoms with Crippen molar-refractivity contribution in [1.82, 2.24) is 14.9 Å². The maximum absolute atomic E-state index is 12.8. The molecule has 0 radical (unpaired) electrons. The van der Waals surface area contributed by atoms with E-state index in [1.165, 1.54) is 19.4 Å². The van der Waals surface area contributed by atoms with Crippen molar-refractivity contribution in [3.8, 4) is 5.88 Å². The first-order valence-corrected chi connectivity index (χ1v) is 9.03. The Kier molecular flexibility index (Phi) is 6.10. The summed E-state index contributed by atoms with van der Waals surface area (Å²) in [6.45, 7) is 4.53. The molecule has 2 aromatic rings. The molecule has 1 aromatic carbocycles. The monoisotopic (exact) mass is 401 g/mol. The van der Waals surface area contributed by atoms with Gasteiger partial charge in [-0.3, -0.25) is 9.59 Å². The van der Waals surface area contributed by atoms with Crippen LogP contribution in [0, 0.1) is 0 Å². The maximum Gasteiger partial charge on any atom is 0.254 e. The van der Waals surface area contributed by atoms with Crippen LogP contribution in [0.4, 0.5) is 11.6 Å². The van der Waals surface area contributed by atoms with Gasteiger partial charge in [0.1, 0.15) is 5.02 Å². The average molecular weight is 402 g/mol. The fourth-order valence-electron chi connectivity index (χ4n) is 2.92. The summed E-state index contributed by atoms with van der Waals surface area (Å²) >= 11 is 5.94. The normalized spacial score (nSPS) is 15.8. The molecule has 9 heteroatoms. The highest BCUT2D eigenvalue weighted by Crippen LogP contribution is 2.23. The van der Waals surface area contributed by atoms with Gasteiger partial charge in [-0.2, -0.15) is 4.98 Å². The molecule has 3 rings (SSSR count). The molecule has 0 spiro atoms. The molecule has 8 nitrogen and oxygen atoms in total. The van der Waals surface area contributed by atoms with Gasteiger partial charge < -0.3 is 20.3 Å². The summed E-state index contributed by atoms with van der Waals surface area (Å²) < 4.78 is 5.09. The van der Waals surface area contributed by atoms with Crippen molar-refractivity contribution in [3.63, 3.8) is 0 Å². The molecule has 0 unspecified atom stereocenters. The first-order chi connectivity index (χ1) is 13.5. The smallest absolute Gasteiger partial charge is 0.254 e. The number of hydrogen-bond donors (Lipinski definition) is 2. The Morgan fingerprint density at radius 2 is 2.25 bits per heavy atom. The predicted octanol–water partition coefficient (Wildman–Crippen LogP) is 2.59. The number of methoxy groups -OCH3 is 1. The zero-order chi connectivity index (χ0) is 20.1. The van der Waals surface area contributed by atoms with Gasteiger partial charge >= 0.3 is 0 Å². The Morgan fingerprint density at radius 1 is 1.43 bits per heavy atom. The minimum absolute atomic E-state index is 0.0125. The second-order valence-electron chi connectivity index (χ2n) is 6.21. The first kappa shape index (κ1) is 19.6. The van der Waals surface area contributed by atoms with Crippen molar-refractivity contribution in [3.05, 3.63) is 53.7 Å². The van der Waals surface area contributed by atoms with Gasteiger partial charge in [0.15, 0.2) is 0 Å². The number of benzene rings is 1. The summed E-state index contributed by atoms with van der Waals surface area (Å²) in [5, 5.41) is 6.19. The molecule has 0 bridgehead atoms. The quantitative estimate of drug-likeness (QED) is 0.722. The first-order valence-electron chi connectivity index (χ1n) is 8.66. The number of aromatic nitrogens is 2. The minimum atomic E-state index is -0.326. The lowest BCUT2D eigenvalue weighted by Crippen LogP contribution is -2.32. The van der Waals surface area contributed by atoms with Crippen molar-refractivity contribution >= 4 is 35.1 Å². The molecule has 1 fully saturated rings. The summed E-state index contributed by atoms with van der Waals surface area (Å²) in [5.41, 5.74) is 1.05. The van der Waals surface area contributed by atoms with Crippen LogP contribution in [0.15, 0.2) is 43.1 Å². The van der Waals surface area contributed by atoms with Crippen LogP contribution in [0.1, 0.15) is 16.8 Å². The molecule has 0 aliphatic carbocycles. The lowest BCUT2D eigenvalue weighted by atomic mass is 10.1. The molecule has 1 aliphatic rings. The molecule has 1 atom stereocenters. The molecular weight excluding hydrogens is 382 g/mol. The van der Waals surface area contributed by atoms with Crippen LogP contribution in [0.2, 0.25) is 5.02 Å². The van der Waals surface area contributed by atoms with Crippen LogP contribution >= 0.6 is 11.6 Å². The molecule has 2 N–H and O–H groups in total. The van der Waals surface area contributed by atoms with E-state index in [1.807, 2.05) is 0 Å². The highest BCUT2D eigenvalue weighted by Gasteiger charge is 2.27. The lowest BCUT2D eigenvalue weighted by Gasteiger charge is -2.18. The molecule has 2 heterocycles. The van der Waals surface area contributed by atoms with E-state index in [-0.39, 0.29) is 17.9 Å². The Morgan fingerprint density at radius 3 is 3.00 bits per heavy atom. The van der Waals surface area contributed by atoms with Gasteiger partial charge in [-0.05, 0) is 30.7 Å². The third-order valence-electron chi connectivity index (χ3n) is 4.28. The Hall–Kier alpha value is -3.13. The number of nitrogens with one attached hydrogen (secondary N) is 2. The summed E-state index contributed by atoms with van der Waals surface area (Å²) in [6.07, 6.45) is 3.41. The van der Waals surface area contributed by atoms with E-state index < -0.39 is 0 Å². The van der Waals surface area contributed by atoms with Gasteiger partial charge in [-0.25, -0.2) is 4.98 Å². The summed E-state index contributed by atoms with van der Waals surface area (Å²) in [6, 6.07) is 6.83. The number of anilines is 2. The van der Waals surface area contributed by atoms with Crippen LogP contribution in [-0.2, 0) is 4.79 Å². The number of hydrogen-bond acceptors (Lipinski definition) is 6. The molecule has 0 saturated carbocycles. The Balaban J connectivity index is 1.63. The van der Waals surface area contributed by atoms with Gasteiger partial charge in [0.25, 0.3) is 5.91 Å². The topological polar surface area (TPSA) is 96.5 Å². The number of ether oxygens (including phenoxy) is 1. The van der Waals surface area contributed by atoms with Crippen molar-refractivity contribution in [2.75, 3.05) is 30.8 Å². The number of amides is 2. The van der Waals surface area contributed by atoms with Gasteiger partial charge in [-0.1, -0.05) is 24.2 Å². The number of carbonyl (C=O) groups excluding carboxylic acids is 2. The highest BCUT2D eigenvalue weighted by atomic mass is 35.5. The van der Waals surface area contributed by atoms with Gasteiger partial charge in [-0.15, -0.1) is 0 Å². The third kappa shape index (κ3) is 4.58. The number of rotatable bonds is 6. The van der Waals surface area contributed by atoms with E-state index in [9.17, 15) is 9.59 Å². The van der Waals surface area contributed by atoms with Gasteiger partial charge in [0.05, 0.1) is 13.3 Å². The SMILES string of the molecule is C=CC(=O)Nc1cccc(C(=O)N2CC[C@@H](Nc3ncc(Cl)c(OC)n3)C2)c1. The zero-order valence-electron chi connectivity index (χ0n) is 15.3. The minimum Gasteiger partial charge on any atom is -0.480 e. The van der Waals surface area contributed by atoms with Crippen molar-refractivity contribution in [1.29, 1.82) is 0 Å². The number of halogens is 1. The molecule has 146 valence electrons. The fraction of sp³-hybridized carbons (Fsp3) is 0.263. The Bertz CT molecular complexity index is 905. The van der Waals surface area contributed by atoms with Crippen LogP contribution in [0.3, 0.4) is 0 Å². The summed E-state index contributed by atoms with van der Waals surface area (Å²) in [4.78, 5) is 34.3. The van der Waals surface area contributed by atoms with Crippen LogP contribution in [-0.4, -0.2) is 52.9 Å². The number of carbonyl (C=O) groups is 2. The average Bonchev–Trinajstić information content (AvgIpc) is 3.17. The second-order valence-corrected chi connectivity index (χ2v) is 6.61. The van der Waals surface area contributed by atoms with Crippen molar-refractivity contribution < 1.29 is 14.3 Å². The van der Waals surface area contributed by atoms with E-state index in [0.29, 0.717) is 41.2 Å². The molecular formula is C19H20ClN5O3. The van der Waals surface area contributed by atoms with E-state index in [1.54, 1.807) is 29.2 Å². The fourth-order valence-corrected chi connectivity index (χ4v) is 3.08. The number of nitrogens with zero attached hydrogens (tertiary/aromatic N) is 3. The largest absolute Gasteiger partial charge is 0.480 e.